The van der Waals surface area contributed by atoms with Crippen molar-refractivity contribution >= 4 is 29.3 Å². The van der Waals surface area contributed by atoms with Crippen molar-refractivity contribution < 1.29 is 29.1 Å². The molecule has 0 saturated heterocycles. The van der Waals surface area contributed by atoms with E-state index in [1.54, 1.807) is 20.8 Å². The van der Waals surface area contributed by atoms with Crippen molar-refractivity contribution in [2.24, 2.45) is 45.6 Å². The number of amides is 2. The van der Waals surface area contributed by atoms with Crippen molar-refractivity contribution in [3.05, 3.63) is 11.6 Å². The molecule has 0 heterocycles. The molecule has 2 amide bonds. The number of allylic oxidation sites excluding steroid dienone is 2. The summed E-state index contributed by atoms with van der Waals surface area (Å²) in [4.78, 5) is 53.0. The predicted molar refractivity (Wildman–Crippen MR) is 147 cm³/mol. The van der Waals surface area contributed by atoms with Crippen molar-refractivity contribution in [1.82, 2.24) is 10.6 Å². The van der Waals surface area contributed by atoms with E-state index in [1.165, 1.54) is 18.4 Å². The first-order valence-electron chi connectivity index (χ1n) is 14.6. The molecule has 0 aromatic rings. The van der Waals surface area contributed by atoms with Gasteiger partial charge >= 0.3 is 5.97 Å². The van der Waals surface area contributed by atoms with Crippen LogP contribution in [0.25, 0.3) is 0 Å². The Kier molecular flexibility index (Phi) is 8.57. The van der Waals surface area contributed by atoms with Crippen molar-refractivity contribution in [2.45, 2.75) is 92.0 Å². The molecule has 0 aromatic heterocycles. The van der Waals surface area contributed by atoms with E-state index in [2.05, 4.69) is 35.7 Å². The lowest BCUT2D eigenvalue weighted by atomic mass is 9.46. The molecular weight excluding hydrogens is 498 g/mol. The summed E-state index contributed by atoms with van der Waals surface area (Å²) in [5.41, 5.74) is 2.58. The maximum Gasteiger partial charge on any atom is 0.326 e. The number of nitrogens with zero attached hydrogens (tertiary/aromatic N) is 1. The van der Waals surface area contributed by atoms with E-state index in [0.29, 0.717) is 23.5 Å². The third-order valence-corrected chi connectivity index (χ3v) is 10.5. The second-order valence-corrected chi connectivity index (χ2v) is 13.0. The zero-order valence-electron chi connectivity index (χ0n) is 24.0. The molecule has 4 rings (SSSR count). The number of aliphatic carboxylic acids is 1. The van der Waals surface area contributed by atoms with Crippen LogP contribution in [0.1, 0.15) is 86.0 Å². The number of rotatable bonds is 9. The van der Waals surface area contributed by atoms with E-state index in [-0.39, 0.29) is 35.8 Å². The van der Waals surface area contributed by atoms with Crippen LogP contribution in [0.5, 0.6) is 0 Å². The van der Waals surface area contributed by atoms with E-state index >= 15 is 0 Å². The zero-order valence-corrected chi connectivity index (χ0v) is 24.0. The molecule has 3 N–H and O–H groups in total. The standard InChI is InChI=1S/C30H45N3O6/c1-17(2)27(28(37)38)32-25(35)15-31-26(36)16-39-33-20-10-12-29(4)19(14-20)6-7-21-23-9-8-22(18(3)34)30(23,5)13-11-24(21)29/h14,17,21-24,27H,6-13,15-16H2,1-5H3,(H,31,36)(H,32,35)(H,37,38)/t21-,22+,23-,24-,27?,29-,30+/m0/s1. The van der Waals surface area contributed by atoms with E-state index < -0.39 is 23.8 Å². The molecule has 9 nitrogen and oxygen atoms in total. The second kappa shape index (κ2) is 11.4. The Morgan fingerprint density at radius 2 is 1.79 bits per heavy atom. The summed E-state index contributed by atoms with van der Waals surface area (Å²) in [5, 5.41) is 18.3. The maximum atomic E-state index is 12.4. The number of ketones is 1. The first kappa shape index (κ1) is 29.3. The van der Waals surface area contributed by atoms with Crippen LogP contribution >= 0.6 is 0 Å². The number of carboxylic acid groups (broad SMARTS) is 1. The number of carboxylic acids is 1. The summed E-state index contributed by atoms with van der Waals surface area (Å²) < 4.78 is 0. The van der Waals surface area contributed by atoms with Gasteiger partial charge in [0.1, 0.15) is 11.8 Å². The van der Waals surface area contributed by atoms with Crippen molar-refractivity contribution in [3.63, 3.8) is 0 Å². The highest BCUT2D eigenvalue weighted by atomic mass is 16.6. The van der Waals surface area contributed by atoms with Gasteiger partial charge in [0.15, 0.2) is 6.61 Å². The van der Waals surface area contributed by atoms with E-state index in [1.807, 2.05) is 0 Å². The van der Waals surface area contributed by atoms with Gasteiger partial charge in [0, 0.05) is 5.92 Å². The van der Waals surface area contributed by atoms with Gasteiger partial charge in [-0.15, -0.1) is 0 Å². The summed E-state index contributed by atoms with van der Waals surface area (Å²) >= 11 is 0. The molecule has 0 spiro atoms. The Bertz CT molecular complexity index is 1070. The highest BCUT2D eigenvalue weighted by molar-refractivity contribution is 5.96. The van der Waals surface area contributed by atoms with Gasteiger partial charge in [0.2, 0.25) is 5.91 Å². The normalized spacial score (nSPS) is 35.2. The zero-order chi connectivity index (χ0) is 28.5. The molecule has 9 heteroatoms. The highest BCUT2D eigenvalue weighted by Crippen LogP contribution is 2.66. The van der Waals surface area contributed by atoms with Crippen LogP contribution in [0.3, 0.4) is 0 Å². The van der Waals surface area contributed by atoms with Gasteiger partial charge < -0.3 is 20.6 Å². The lowest BCUT2D eigenvalue weighted by Crippen LogP contribution is -2.51. The van der Waals surface area contributed by atoms with E-state index in [0.717, 1.165) is 44.2 Å². The molecule has 39 heavy (non-hydrogen) atoms. The minimum atomic E-state index is -1.11. The number of hydrogen-bond acceptors (Lipinski definition) is 6. The smallest absolute Gasteiger partial charge is 0.326 e. The van der Waals surface area contributed by atoms with Gasteiger partial charge in [-0.3, -0.25) is 14.4 Å². The van der Waals surface area contributed by atoms with Crippen LogP contribution in [-0.2, 0) is 24.0 Å². The molecule has 7 atom stereocenters. The van der Waals surface area contributed by atoms with Crippen LogP contribution in [0.4, 0.5) is 0 Å². The molecule has 0 bridgehead atoms. The summed E-state index contributed by atoms with van der Waals surface area (Å²) in [7, 11) is 0. The van der Waals surface area contributed by atoms with Gasteiger partial charge in [-0.25, -0.2) is 4.79 Å². The van der Waals surface area contributed by atoms with Crippen molar-refractivity contribution in [1.29, 1.82) is 0 Å². The number of Topliss-reactive ketones (excluding diaryl/α,β-unsaturated/α-hetero) is 1. The van der Waals surface area contributed by atoms with Crippen LogP contribution in [0, 0.1) is 40.4 Å². The molecule has 4 aliphatic carbocycles. The molecule has 0 aromatic carbocycles. The fourth-order valence-electron chi connectivity index (χ4n) is 8.45. The van der Waals surface area contributed by atoms with Crippen LogP contribution in [-0.4, -0.2) is 53.6 Å². The Hall–Kier alpha value is -2.71. The first-order chi connectivity index (χ1) is 18.4. The van der Waals surface area contributed by atoms with E-state index in [4.69, 9.17) is 4.84 Å². The molecule has 3 fully saturated rings. The number of hydrogen-bond donors (Lipinski definition) is 3. The van der Waals surface area contributed by atoms with E-state index in [9.17, 15) is 24.3 Å². The third kappa shape index (κ3) is 5.78. The Labute approximate surface area is 231 Å². The lowest BCUT2D eigenvalue weighted by Gasteiger charge is -2.58. The van der Waals surface area contributed by atoms with Gasteiger partial charge in [-0.2, -0.15) is 0 Å². The molecular formula is C30H45N3O6. The third-order valence-electron chi connectivity index (χ3n) is 10.5. The molecule has 4 aliphatic rings. The van der Waals surface area contributed by atoms with Gasteiger partial charge in [0.05, 0.1) is 12.3 Å². The Balaban J connectivity index is 1.30. The average Bonchev–Trinajstić information content (AvgIpc) is 3.23. The molecule has 0 aliphatic heterocycles. The summed E-state index contributed by atoms with van der Waals surface area (Å²) in [6.45, 7) is 9.33. The minimum Gasteiger partial charge on any atom is -0.480 e. The van der Waals surface area contributed by atoms with Crippen molar-refractivity contribution in [2.75, 3.05) is 13.2 Å². The topological polar surface area (TPSA) is 134 Å². The minimum absolute atomic E-state index is 0.145. The van der Waals surface area contributed by atoms with Crippen molar-refractivity contribution in [3.8, 4) is 0 Å². The second-order valence-electron chi connectivity index (χ2n) is 13.0. The number of carbonyl (C=O) groups excluding carboxylic acids is 3. The number of fused-ring (bicyclic) bond motifs is 5. The number of nitrogens with one attached hydrogen (secondary N) is 2. The molecule has 0 radical (unpaired) electrons. The molecule has 1 unspecified atom stereocenters. The Morgan fingerprint density at radius 1 is 1.05 bits per heavy atom. The highest BCUT2D eigenvalue weighted by Gasteiger charge is 2.59. The SMILES string of the molecule is CC(=O)[C@H]1CC[C@H]2[C@@H]3CCC4=CC(=NOCC(=O)NCC(=O)NC(C(=O)O)C(C)C)CC[C@]4(C)[C@H]3CC[C@]12C. The maximum absolute atomic E-state index is 12.4. The van der Waals surface area contributed by atoms with Gasteiger partial charge in [-0.1, -0.05) is 38.4 Å². The largest absolute Gasteiger partial charge is 0.480 e. The summed E-state index contributed by atoms with van der Waals surface area (Å²) in [5.74, 6) is 0.0981. The first-order valence-corrected chi connectivity index (χ1v) is 14.6. The quantitative estimate of drug-likeness (QED) is 0.378. The lowest BCUT2D eigenvalue weighted by molar-refractivity contribution is -0.143. The van der Waals surface area contributed by atoms with Crippen LogP contribution in [0.2, 0.25) is 0 Å². The van der Waals surface area contributed by atoms with Crippen LogP contribution in [0.15, 0.2) is 16.8 Å². The number of carbonyl (C=O) groups is 4. The Morgan fingerprint density at radius 3 is 2.46 bits per heavy atom. The van der Waals surface area contributed by atoms with Crippen LogP contribution < -0.4 is 10.6 Å². The fourth-order valence-corrected chi connectivity index (χ4v) is 8.45. The summed E-state index contributed by atoms with van der Waals surface area (Å²) in [6, 6.07) is -1.01. The van der Waals surface area contributed by atoms with Gasteiger partial charge in [0.25, 0.3) is 5.91 Å². The predicted octanol–water partition coefficient (Wildman–Crippen LogP) is 3.87. The molecule has 216 valence electrons. The monoisotopic (exact) mass is 543 g/mol. The number of oxime groups is 1. The molecule has 3 saturated carbocycles. The fraction of sp³-hybridized carbons (Fsp3) is 0.767. The summed E-state index contributed by atoms with van der Waals surface area (Å²) in [6.07, 6.45) is 10.7. The van der Waals surface area contributed by atoms with Gasteiger partial charge in [-0.05, 0) is 98.9 Å². The average molecular weight is 544 g/mol.